The monoisotopic (exact) mass is 518 g/mol. The van der Waals surface area contributed by atoms with Crippen molar-refractivity contribution in [1.82, 2.24) is 25.4 Å². The van der Waals surface area contributed by atoms with Gasteiger partial charge in [-0.2, -0.15) is 5.10 Å². The van der Waals surface area contributed by atoms with Crippen LogP contribution in [-0.2, 0) is 20.0 Å². The van der Waals surface area contributed by atoms with Crippen LogP contribution >= 0.6 is 24.0 Å². The SMILES string of the molecule is CN=C(NCc1cccc(-c2ccccn2)c1)NC(C)Cc1c(C)nn(C)c1C.I. The van der Waals surface area contributed by atoms with Gasteiger partial charge in [0, 0.05) is 44.1 Å². The highest BCUT2D eigenvalue weighted by atomic mass is 127. The van der Waals surface area contributed by atoms with Crippen LogP contribution in [0.1, 0.15) is 29.4 Å². The van der Waals surface area contributed by atoms with Gasteiger partial charge in [-0.1, -0.05) is 24.3 Å². The average Bonchev–Trinajstić information content (AvgIpc) is 2.98. The van der Waals surface area contributed by atoms with Crippen molar-refractivity contribution in [3.05, 3.63) is 71.2 Å². The first-order chi connectivity index (χ1) is 14.0. The molecule has 7 heteroatoms. The topological polar surface area (TPSA) is 67.1 Å². The van der Waals surface area contributed by atoms with Crippen LogP contribution in [-0.4, -0.2) is 33.8 Å². The van der Waals surface area contributed by atoms with Crippen molar-refractivity contribution < 1.29 is 0 Å². The van der Waals surface area contributed by atoms with Crippen LogP contribution in [0, 0.1) is 13.8 Å². The Bertz CT molecular complexity index is 981. The van der Waals surface area contributed by atoms with Gasteiger partial charge in [-0.05, 0) is 56.5 Å². The number of hydrogen-bond acceptors (Lipinski definition) is 3. The highest BCUT2D eigenvalue weighted by Crippen LogP contribution is 2.17. The predicted molar refractivity (Wildman–Crippen MR) is 134 cm³/mol. The number of aliphatic imine (C=N–C) groups is 1. The first-order valence-corrected chi connectivity index (χ1v) is 9.94. The van der Waals surface area contributed by atoms with Gasteiger partial charge >= 0.3 is 0 Å². The normalized spacial score (nSPS) is 12.2. The maximum Gasteiger partial charge on any atom is 0.191 e. The Morgan fingerprint density at radius 1 is 1.17 bits per heavy atom. The van der Waals surface area contributed by atoms with E-state index in [0.717, 1.165) is 29.3 Å². The van der Waals surface area contributed by atoms with Crippen molar-refractivity contribution >= 4 is 29.9 Å². The van der Waals surface area contributed by atoms with E-state index in [0.29, 0.717) is 6.54 Å². The maximum absolute atomic E-state index is 4.51. The molecule has 0 bridgehead atoms. The Morgan fingerprint density at radius 2 is 1.97 bits per heavy atom. The van der Waals surface area contributed by atoms with Crippen molar-refractivity contribution in [3.63, 3.8) is 0 Å². The lowest BCUT2D eigenvalue weighted by molar-refractivity contribution is 0.635. The number of guanidine groups is 1. The zero-order valence-electron chi connectivity index (χ0n) is 18.3. The van der Waals surface area contributed by atoms with E-state index in [2.05, 4.69) is 70.7 Å². The van der Waals surface area contributed by atoms with Crippen LogP contribution in [0.15, 0.2) is 53.7 Å². The minimum absolute atomic E-state index is 0. The molecule has 0 saturated carbocycles. The largest absolute Gasteiger partial charge is 0.354 e. The second kappa shape index (κ2) is 11.1. The smallest absolute Gasteiger partial charge is 0.191 e. The standard InChI is InChI=1S/C23H30N6.HI/c1-16(13-21-17(2)28-29(5)18(21)3)27-23(24-4)26-15-19-9-8-10-20(14-19)22-11-6-7-12-25-22;/h6-12,14,16H,13,15H2,1-5H3,(H2,24,26,27);1H. The van der Waals surface area contributed by atoms with Crippen molar-refractivity contribution in [2.75, 3.05) is 7.05 Å². The van der Waals surface area contributed by atoms with Gasteiger partial charge in [0.25, 0.3) is 0 Å². The Balaban J connectivity index is 0.00000320. The maximum atomic E-state index is 4.51. The van der Waals surface area contributed by atoms with Gasteiger partial charge in [-0.25, -0.2) is 0 Å². The summed E-state index contributed by atoms with van der Waals surface area (Å²) in [7, 11) is 3.79. The molecule has 0 aliphatic carbocycles. The van der Waals surface area contributed by atoms with Crippen LogP contribution in [0.2, 0.25) is 0 Å². The van der Waals surface area contributed by atoms with E-state index in [9.17, 15) is 0 Å². The molecule has 1 unspecified atom stereocenters. The highest BCUT2D eigenvalue weighted by molar-refractivity contribution is 14.0. The third-order valence-electron chi connectivity index (χ3n) is 5.12. The number of nitrogens with zero attached hydrogens (tertiary/aromatic N) is 4. The molecule has 3 aromatic rings. The van der Waals surface area contributed by atoms with E-state index in [1.165, 1.54) is 16.8 Å². The first kappa shape index (κ1) is 23.9. The lowest BCUT2D eigenvalue weighted by Gasteiger charge is -2.18. The molecular weight excluding hydrogens is 487 g/mol. The zero-order chi connectivity index (χ0) is 20.8. The van der Waals surface area contributed by atoms with Crippen LogP contribution in [0.5, 0.6) is 0 Å². The summed E-state index contributed by atoms with van der Waals surface area (Å²) in [6, 6.07) is 14.6. The van der Waals surface area contributed by atoms with E-state index in [-0.39, 0.29) is 30.0 Å². The first-order valence-electron chi connectivity index (χ1n) is 9.94. The van der Waals surface area contributed by atoms with E-state index in [1.807, 2.05) is 36.1 Å². The molecule has 30 heavy (non-hydrogen) atoms. The van der Waals surface area contributed by atoms with Crippen LogP contribution < -0.4 is 10.6 Å². The number of aromatic nitrogens is 3. The Kier molecular flexibility index (Phi) is 8.83. The highest BCUT2D eigenvalue weighted by Gasteiger charge is 2.14. The molecule has 1 atom stereocenters. The minimum Gasteiger partial charge on any atom is -0.354 e. The van der Waals surface area contributed by atoms with Gasteiger partial charge in [-0.15, -0.1) is 24.0 Å². The summed E-state index contributed by atoms with van der Waals surface area (Å²) >= 11 is 0. The molecule has 0 saturated heterocycles. The molecule has 1 aromatic carbocycles. The molecular formula is C23H31IN6. The van der Waals surface area contributed by atoms with Gasteiger partial charge in [0.1, 0.15) is 0 Å². The molecule has 0 fully saturated rings. The molecule has 2 aromatic heterocycles. The number of benzene rings is 1. The molecule has 0 amide bonds. The van der Waals surface area contributed by atoms with Gasteiger partial charge in [0.2, 0.25) is 0 Å². The van der Waals surface area contributed by atoms with E-state index >= 15 is 0 Å². The number of nitrogens with one attached hydrogen (secondary N) is 2. The summed E-state index contributed by atoms with van der Waals surface area (Å²) in [5.41, 5.74) is 6.88. The Labute approximate surface area is 196 Å². The summed E-state index contributed by atoms with van der Waals surface area (Å²) < 4.78 is 1.94. The predicted octanol–water partition coefficient (Wildman–Crippen LogP) is 4.01. The molecule has 6 nitrogen and oxygen atoms in total. The summed E-state index contributed by atoms with van der Waals surface area (Å²) in [6.07, 6.45) is 2.72. The molecule has 2 heterocycles. The van der Waals surface area contributed by atoms with Crippen molar-refractivity contribution in [1.29, 1.82) is 0 Å². The number of rotatable bonds is 6. The molecule has 160 valence electrons. The fourth-order valence-corrected chi connectivity index (χ4v) is 3.46. The van der Waals surface area contributed by atoms with Crippen LogP contribution in [0.4, 0.5) is 0 Å². The van der Waals surface area contributed by atoms with Crippen molar-refractivity contribution in [2.45, 2.75) is 39.8 Å². The Morgan fingerprint density at radius 3 is 2.60 bits per heavy atom. The number of aryl methyl sites for hydroxylation is 2. The number of halogens is 1. The number of hydrogen-bond donors (Lipinski definition) is 2. The van der Waals surface area contributed by atoms with E-state index < -0.39 is 0 Å². The third-order valence-corrected chi connectivity index (χ3v) is 5.12. The molecule has 3 rings (SSSR count). The van der Waals surface area contributed by atoms with Gasteiger partial charge in [0.15, 0.2) is 5.96 Å². The fraction of sp³-hybridized carbons (Fsp3) is 0.348. The molecule has 0 aliphatic rings. The minimum atomic E-state index is 0. The lowest BCUT2D eigenvalue weighted by Crippen LogP contribution is -2.42. The van der Waals surface area contributed by atoms with E-state index in [1.54, 1.807) is 7.05 Å². The lowest BCUT2D eigenvalue weighted by atomic mass is 10.1. The summed E-state index contributed by atoms with van der Waals surface area (Å²) in [6.45, 7) is 7.04. The summed E-state index contributed by atoms with van der Waals surface area (Å²) in [4.78, 5) is 8.81. The quantitative estimate of drug-likeness (QED) is 0.294. The van der Waals surface area contributed by atoms with Crippen LogP contribution in [0.25, 0.3) is 11.3 Å². The number of pyridine rings is 1. The second-order valence-electron chi connectivity index (χ2n) is 7.36. The van der Waals surface area contributed by atoms with Crippen LogP contribution in [0.3, 0.4) is 0 Å². The van der Waals surface area contributed by atoms with Gasteiger partial charge in [0.05, 0.1) is 11.4 Å². The van der Waals surface area contributed by atoms with E-state index in [4.69, 9.17) is 0 Å². The Hall–Kier alpha value is -2.42. The molecule has 0 aliphatic heterocycles. The summed E-state index contributed by atoms with van der Waals surface area (Å²) in [5.74, 6) is 0.792. The third kappa shape index (κ3) is 6.04. The van der Waals surface area contributed by atoms with Gasteiger partial charge in [-0.3, -0.25) is 14.7 Å². The van der Waals surface area contributed by atoms with Gasteiger partial charge < -0.3 is 10.6 Å². The fourth-order valence-electron chi connectivity index (χ4n) is 3.46. The molecule has 0 radical (unpaired) electrons. The average molecular weight is 518 g/mol. The molecule has 0 spiro atoms. The zero-order valence-corrected chi connectivity index (χ0v) is 20.6. The van der Waals surface area contributed by atoms with Crippen molar-refractivity contribution in [2.24, 2.45) is 12.0 Å². The second-order valence-corrected chi connectivity index (χ2v) is 7.36. The summed E-state index contributed by atoms with van der Waals surface area (Å²) in [5, 5.41) is 11.4. The van der Waals surface area contributed by atoms with Crippen molar-refractivity contribution in [3.8, 4) is 11.3 Å². The molecule has 2 N–H and O–H groups in total.